The van der Waals surface area contributed by atoms with Gasteiger partial charge in [0.1, 0.15) is 0 Å². The Morgan fingerprint density at radius 3 is 2.59 bits per heavy atom. The zero-order chi connectivity index (χ0) is 12.0. The van der Waals surface area contributed by atoms with Crippen molar-refractivity contribution in [1.82, 2.24) is 5.32 Å². The first-order valence-electron chi connectivity index (χ1n) is 6.80. The Morgan fingerprint density at radius 2 is 2.00 bits per heavy atom. The van der Waals surface area contributed by atoms with E-state index in [0.29, 0.717) is 11.8 Å². The standard InChI is InChI=1S/C13H22N2O2/c1-13(14,9-4-5-9)12(16)15-10-6-7-17-11(10)8-2-3-8/h8-11H,2-7,14H2,1H3,(H,15,16). The second-order valence-electron chi connectivity index (χ2n) is 6.10. The number of rotatable bonds is 4. The van der Waals surface area contributed by atoms with Gasteiger partial charge in [-0.3, -0.25) is 4.79 Å². The lowest BCUT2D eigenvalue weighted by molar-refractivity contribution is -0.127. The topological polar surface area (TPSA) is 64.4 Å². The molecule has 96 valence electrons. The number of hydrogen-bond acceptors (Lipinski definition) is 3. The van der Waals surface area contributed by atoms with Gasteiger partial charge < -0.3 is 15.8 Å². The number of carbonyl (C=O) groups excluding carboxylic acids is 1. The van der Waals surface area contributed by atoms with Crippen molar-refractivity contribution in [2.24, 2.45) is 17.6 Å². The fourth-order valence-electron chi connectivity index (χ4n) is 2.85. The summed E-state index contributed by atoms with van der Waals surface area (Å²) in [5.74, 6) is 1.07. The molecule has 2 saturated carbocycles. The van der Waals surface area contributed by atoms with Gasteiger partial charge in [0.05, 0.1) is 17.7 Å². The maximum atomic E-state index is 12.2. The highest BCUT2D eigenvalue weighted by atomic mass is 16.5. The third kappa shape index (κ3) is 2.20. The summed E-state index contributed by atoms with van der Waals surface area (Å²) in [5.41, 5.74) is 5.44. The van der Waals surface area contributed by atoms with E-state index in [1.165, 1.54) is 12.8 Å². The first-order chi connectivity index (χ1) is 8.09. The minimum absolute atomic E-state index is 0.0150. The quantitative estimate of drug-likeness (QED) is 0.761. The summed E-state index contributed by atoms with van der Waals surface area (Å²) in [6.07, 6.45) is 5.86. The summed E-state index contributed by atoms with van der Waals surface area (Å²) < 4.78 is 5.72. The van der Waals surface area contributed by atoms with E-state index in [1.807, 2.05) is 6.92 Å². The van der Waals surface area contributed by atoms with E-state index in [4.69, 9.17) is 10.5 Å². The molecule has 0 aromatic rings. The molecule has 4 heteroatoms. The molecule has 1 heterocycles. The van der Waals surface area contributed by atoms with E-state index in [0.717, 1.165) is 25.9 Å². The van der Waals surface area contributed by atoms with E-state index in [-0.39, 0.29) is 18.1 Å². The molecule has 1 aliphatic heterocycles. The monoisotopic (exact) mass is 238 g/mol. The first-order valence-corrected chi connectivity index (χ1v) is 6.80. The van der Waals surface area contributed by atoms with Crippen LogP contribution in [0.5, 0.6) is 0 Å². The van der Waals surface area contributed by atoms with Crippen LogP contribution in [0.3, 0.4) is 0 Å². The molecule has 3 N–H and O–H groups in total. The van der Waals surface area contributed by atoms with Crippen molar-refractivity contribution in [2.75, 3.05) is 6.61 Å². The van der Waals surface area contributed by atoms with Crippen LogP contribution in [0.15, 0.2) is 0 Å². The van der Waals surface area contributed by atoms with E-state index in [1.54, 1.807) is 0 Å². The van der Waals surface area contributed by atoms with Crippen molar-refractivity contribution in [3.63, 3.8) is 0 Å². The number of amides is 1. The Balaban J connectivity index is 1.60. The molecule has 4 nitrogen and oxygen atoms in total. The Kier molecular flexibility index (Phi) is 2.67. The van der Waals surface area contributed by atoms with Crippen LogP contribution in [0.25, 0.3) is 0 Å². The highest BCUT2D eigenvalue weighted by molar-refractivity contribution is 5.86. The van der Waals surface area contributed by atoms with E-state index in [2.05, 4.69) is 5.32 Å². The minimum atomic E-state index is -0.684. The Morgan fingerprint density at radius 1 is 1.29 bits per heavy atom. The lowest BCUT2D eigenvalue weighted by atomic mass is 9.95. The molecule has 3 atom stereocenters. The van der Waals surface area contributed by atoms with Gasteiger partial charge in [-0.2, -0.15) is 0 Å². The predicted octanol–water partition coefficient (Wildman–Crippen LogP) is 0.797. The Labute approximate surface area is 102 Å². The molecule has 0 aromatic heterocycles. The summed E-state index contributed by atoms with van der Waals surface area (Å²) in [4.78, 5) is 12.2. The minimum Gasteiger partial charge on any atom is -0.376 e. The van der Waals surface area contributed by atoms with Crippen LogP contribution < -0.4 is 11.1 Å². The fraction of sp³-hybridized carbons (Fsp3) is 0.923. The van der Waals surface area contributed by atoms with Crippen molar-refractivity contribution in [2.45, 2.75) is 56.7 Å². The van der Waals surface area contributed by atoms with Crippen LogP contribution in [0, 0.1) is 11.8 Å². The van der Waals surface area contributed by atoms with Crippen LogP contribution in [0.2, 0.25) is 0 Å². The maximum Gasteiger partial charge on any atom is 0.240 e. The molecule has 1 amide bonds. The second-order valence-corrected chi connectivity index (χ2v) is 6.10. The molecule has 0 spiro atoms. The number of carbonyl (C=O) groups is 1. The summed E-state index contributed by atoms with van der Waals surface area (Å²) >= 11 is 0. The van der Waals surface area contributed by atoms with Crippen molar-refractivity contribution in [3.8, 4) is 0 Å². The van der Waals surface area contributed by atoms with Crippen molar-refractivity contribution >= 4 is 5.91 Å². The fourth-order valence-corrected chi connectivity index (χ4v) is 2.85. The molecule has 0 radical (unpaired) electrons. The molecule has 3 rings (SSSR count). The zero-order valence-corrected chi connectivity index (χ0v) is 10.4. The van der Waals surface area contributed by atoms with Crippen molar-refractivity contribution < 1.29 is 9.53 Å². The third-order valence-electron chi connectivity index (χ3n) is 4.45. The second kappa shape index (κ2) is 3.95. The van der Waals surface area contributed by atoms with Crippen LogP contribution in [-0.4, -0.2) is 30.2 Å². The van der Waals surface area contributed by atoms with Crippen LogP contribution in [-0.2, 0) is 9.53 Å². The average Bonchev–Trinajstić information content (AvgIpc) is 3.17. The van der Waals surface area contributed by atoms with Gasteiger partial charge in [0, 0.05) is 6.61 Å². The molecule has 3 unspecified atom stereocenters. The zero-order valence-electron chi connectivity index (χ0n) is 10.4. The van der Waals surface area contributed by atoms with Crippen molar-refractivity contribution in [3.05, 3.63) is 0 Å². The molecule has 2 aliphatic carbocycles. The molecule has 1 saturated heterocycles. The predicted molar refractivity (Wildman–Crippen MR) is 64.3 cm³/mol. The van der Waals surface area contributed by atoms with Gasteiger partial charge in [0.25, 0.3) is 0 Å². The van der Waals surface area contributed by atoms with Gasteiger partial charge in [-0.05, 0) is 50.9 Å². The molecular formula is C13H22N2O2. The van der Waals surface area contributed by atoms with Gasteiger partial charge in [-0.1, -0.05) is 0 Å². The average molecular weight is 238 g/mol. The van der Waals surface area contributed by atoms with Crippen molar-refractivity contribution in [1.29, 1.82) is 0 Å². The number of hydrogen-bond donors (Lipinski definition) is 2. The van der Waals surface area contributed by atoms with Crippen LogP contribution in [0.4, 0.5) is 0 Å². The summed E-state index contributed by atoms with van der Waals surface area (Å²) in [7, 11) is 0. The third-order valence-corrected chi connectivity index (χ3v) is 4.45. The molecule has 3 aliphatic rings. The highest BCUT2D eigenvalue weighted by Crippen LogP contribution is 2.40. The molecule has 17 heavy (non-hydrogen) atoms. The van der Waals surface area contributed by atoms with Gasteiger partial charge in [-0.15, -0.1) is 0 Å². The summed E-state index contributed by atoms with van der Waals surface area (Å²) in [6.45, 7) is 2.64. The van der Waals surface area contributed by atoms with Gasteiger partial charge in [-0.25, -0.2) is 0 Å². The van der Waals surface area contributed by atoms with E-state index in [9.17, 15) is 4.79 Å². The largest absolute Gasteiger partial charge is 0.376 e. The Bertz CT molecular complexity index is 321. The maximum absolute atomic E-state index is 12.2. The molecule has 0 bridgehead atoms. The van der Waals surface area contributed by atoms with E-state index < -0.39 is 5.54 Å². The Hall–Kier alpha value is -0.610. The van der Waals surface area contributed by atoms with E-state index >= 15 is 0 Å². The normalized spacial score (nSPS) is 36.6. The summed E-state index contributed by atoms with van der Waals surface area (Å²) in [5, 5.41) is 3.12. The van der Waals surface area contributed by atoms with Crippen LogP contribution >= 0.6 is 0 Å². The lowest BCUT2D eigenvalue weighted by Gasteiger charge is -2.27. The first kappa shape index (κ1) is 11.5. The molecule has 3 fully saturated rings. The lowest BCUT2D eigenvalue weighted by Crippen LogP contribution is -2.57. The van der Waals surface area contributed by atoms with Gasteiger partial charge in [0.2, 0.25) is 5.91 Å². The smallest absolute Gasteiger partial charge is 0.240 e. The number of nitrogens with two attached hydrogens (primary N) is 1. The van der Waals surface area contributed by atoms with Gasteiger partial charge in [0.15, 0.2) is 0 Å². The highest BCUT2D eigenvalue weighted by Gasteiger charge is 2.47. The molecule has 0 aromatic carbocycles. The van der Waals surface area contributed by atoms with Gasteiger partial charge >= 0.3 is 0 Å². The molecular weight excluding hydrogens is 216 g/mol. The number of nitrogens with one attached hydrogen (secondary N) is 1. The summed E-state index contributed by atoms with van der Waals surface area (Å²) in [6, 6.07) is 0.191. The SMILES string of the molecule is CC(N)(C(=O)NC1CCOC1C1CC1)C1CC1. The number of ether oxygens (including phenoxy) is 1. The van der Waals surface area contributed by atoms with Crippen LogP contribution in [0.1, 0.15) is 39.0 Å².